The lowest BCUT2D eigenvalue weighted by Gasteiger charge is -2.20. The first-order chi connectivity index (χ1) is 8.24. The van der Waals surface area contributed by atoms with Crippen molar-refractivity contribution >= 4 is 5.91 Å². The Kier molecular flexibility index (Phi) is 4.21. The molecule has 2 aliphatic rings. The average Bonchev–Trinajstić information content (AvgIpc) is 2.96. The van der Waals surface area contributed by atoms with Gasteiger partial charge in [-0.15, -0.1) is 0 Å². The molecule has 0 aromatic carbocycles. The Balaban J connectivity index is 1.76. The van der Waals surface area contributed by atoms with Crippen molar-refractivity contribution in [3.05, 3.63) is 12.2 Å². The number of aliphatic hydroxyl groups excluding tert-OH is 1. The van der Waals surface area contributed by atoms with Crippen LogP contribution in [0, 0.1) is 23.7 Å². The van der Waals surface area contributed by atoms with Crippen molar-refractivity contribution in [3.8, 4) is 0 Å². The number of nitrogens with one attached hydrogen (secondary N) is 1. The van der Waals surface area contributed by atoms with Crippen LogP contribution < -0.4 is 5.32 Å². The molecule has 1 fully saturated rings. The molecule has 2 aliphatic carbocycles. The van der Waals surface area contributed by atoms with Crippen LogP contribution in [0.2, 0.25) is 0 Å². The number of allylic oxidation sites excluding steroid dienone is 2. The summed E-state index contributed by atoms with van der Waals surface area (Å²) in [6.07, 6.45) is 8.47. The van der Waals surface area contributed by atoms with Gasteiger partial charge < -0.3 is 10.4 Å². The van der Waals surface area contributed by atoms with Gasteiger partial charge in [-0.1, -0.05) is 25.5 Å². The summed E-state index contributed by atoms with van der Waals surface area (Å²) in [5.41, 5.74) is 0. The number of carbonyl (C=O) groups excluding carboxylic acids is 1. The van der Waals surface area contributed by atoms with E-state index in [-0.39, 0.29) is 18.4 Å². The van der Waals surface area contributed by atoms with Gasteiger partial charge in [0.15, 0.2) is 0 Å². The highest BCUT2D eigenvalue weighted by Gasteiger charge is 2.39. The fraction of sp³-hybridized carbons (Fsp3) is 0.786. The minimum Gasteiger partial charge on any atom is -0.396 e. The number of amides is 1. The Morgan fingerprint density at radius 2 is 2.29 bits per heavy atom. The van der Waals surface area contributed by atoms with Crippen molar-refractivity contribution < 1.29 is 9.90 Å². The van der Waals surface area contributed by atoms with Crippen molar-refractivity contribution in [2.75, 3.05) is 13.2 Å². The summed E-state index contributed by atoms with van der Waals surface area (Å²) >= 11 is 0. The van der Waals surface area contributed by atoms with E-state index in [1.807, 2.05) is 0 Å². The molecular weight excluding hydrogens is 214 g/mol. The van der Waals surface area contributed by atoms with Gasteiger partial charge in [-0.3, -0.25) is 4.79 Å². The molecule has 2 bridgehead atoms. The van der Waals surface area contributed by atoms with E-state index in [1.165, 1.54) is 6.42 Å². The average molecular weight is 237 g/mol. The van der Waals surface area contributed by atoms with E-state index in [2.05, 4.69) is 24.4 Å². The maximum atomic E-state index is 12.1. The van der Waals surface area contributed by atoms with Gasteiger partial charge in [-0.25, -0.2) is 0 Å². The molecule has 0 aromatic heterocycles. The maximum Gasteiger partial charge on any atom is 0.223 e. The lowest BCUT2D eigenvalue weighted by Crippen LogP contribution is -2.36. The molecule has 0 saturated heterocycles. The van der Waals surface area contributed by atoms with Crippen molar-refractivity contribution in [1.82, 2.24) is 5.32 Å². The van der Waals surface area contributed by atoms with Crippen molar-refractivity contribution in [2.45, 2.75) is 32.6 Å². The van der Waals surface area contributed by atoms with E-state index >= 15 is 0 Å². The highest BCUT2D eigenvalue weighted by molar-refractivity contribution is 5.79. The lowest BCUT2D eigenvalue weighted by atomic mass is 9.92. The van der Waals surface area contributed by atoms with E-state index < -0.39 is 0 Å². The van der Waals surface area contributed by atoms with Crippen LogP contribution in [0.15, 0.2) is 12.2 Å². The molecule has 3 heteroatoms. The van der Waals surface area contributed by atoms with Crippen molar-refractivity contribution in [2.24, 2.45) is 23.7 Å². The predicted molar refractivity (Wildman–Crippen MR) is 67.3 cm³/mol. The summed E-state index contributed by atoms with van der Waals surface area (Å²) < 4.78 is 0. The van der Waals surface area contributed by atoms with Crippen LogP contribution in [0.25, 0.3) is 0 Å². The standard InChI is InChI=1S/C14H23NO2/c1-2-10(5-6-16)9-15-14(17)13-8-11-3-4-12(13)7-11/h3-4,10-13,16H,2,5-9H2,1H3,(H,15,17). The fourth-order valence-corrected chi connectivity index (χ4v) is 3.09. The van der Waals surface area contributed by atoms with Gasteiger partial charge in [0.2, 0.25) is 5.91 Å². The van der Waals surface area contributed by atoms with Gasteiger partial charge in [0.1, 0.15) is 0 Å². The lowest BCUT2D eigenvalue weighted by molar-refractivity contribution is -0.125. The molecule has 4 atom stereocenters. The summed E-state index contributed by atoms with van der Waals surface area (Å²) in [5, 5.41) is 12.0. The summed E-state index contributed by atoms with van der Waals surface area (Å²) in [7, 11) is 0. The maximum absolute atomic E-state index is 12.1. The van der Waals surface area contributed by atoms with E-state index in [0.717, 1.165) is 19.3 Å². The number of rotatable bonds is 6. The van der Waals surface area contributed by atoms with Gasteiger partial charge >= 0.3 is 0 Å². The molecule has 2 N–H and O–H groups in total. The summed E-state index contributed by atoms with van der Waals surface area (Å²) in [4.78, 5) is 12.1. The van der Waals surface area contributed by atoms with Crippen LogP contribution in [0.3, 0.4) is 0 Å². The molecule has 0 spiro atoms. The van der Waals surface area contributed by atoms with Gasteiger partial charge in [0, 0.05) is 19.1 Å². The zero-order valence-corrected chi connectivity index (χ0v) is 10.6. The van der Waals surface area contributed by atoms with E-state index in [4.69, 9.17) is 5.11 Å². The SMILES string of the molecule is CCC(CCO)CNC(=O)C1CC2C=CC1C2. The molecular formula is C14H23NO2. The third kappa shape index (κ3) is 2.89. The third-order valence-corrected chi connectivity index (χ3v) is 4.30. The van der Waals surface area contributed by atoms with Crippen molar-refractivity contribution in [3.63, 3.8) is 0 Å². The number of aliphatic hydroxyl groups is 1. The Bertz CT molecular complexity index is 301. The topological polar surface area (TPSA) is 49.3 Å². The molecule has 0 radical (unpaired) electrons. The Morgan fingerprint density at radius 1 is 1.47 bits per heavy atom. The van der Waals surface area contributed by atoms with Crippen LogP contribution in [0.5, 0.6) is 0 Å². The number of carbonyl (C=O) groups is 1. The summed E-state index contributed by atoms with van der Waals surface area (Å²) in [5.74, 6) is 1.97. The number of hydrogen-bond donors (Lipinski definition) is 2. The third-order valence-electron chi connectivity index (χ3n) is 4.30. The zero-order valence-electron chi connectivity index (χ0n) is 10.6. The molecule has 4 unspecified atom stereocenters. The van der Waals surface area contributed by atoms with Gasteiger partial charge in [-0.2, -0.15) is 0 Å². The zero-order chi connectivity index (χ0) is 12.3. The highest BCUT2D eigenvalue weighted by atomic mass is 16.3. The van der Waals surface area contributed by atoms with Gasteiger partial charge in [-0.05, 0) is 37.0 Å². The van der Waals surface area contributed by atoms with Crippen LogP contribution in [-0.2, 0) is 4.79 Å². The first kappa shape index (κ1) is 12.6. The quantitative estimate of drug-likeness (QED) is 0.691. The van der Waals surface area contributed by atoms with Crippen LogP contribution in [-0.4, -0.2) is 24.2 Å². The second-order valence-corrected chi connectivity index (χ2v) is 5.42. The minimum absolute atomic E-state index is 0.205. The fourth-order valence-electron chi connectivity index (χ4n) is 3.09. The van der Waals surface area contributed by atoms with Crippen LogP contribution in [0.1, 0.15) is 32.6 Å². The summed E-state index contributed by atoms with van der Waals surface area (Å²) in [6.45, 7) is 3.03. The molecule has 2 rings (SSSR count). The largest absolute Gasteiger partial charge is 0.396 e. The molecule has 0 heterocycles. The smallest absolute Gasteiger partial charge is 0.223 e. The molecule has 0 aromatic rings. The Labute approximate surface area is 103 Å². The Morgan fingerprint density at radius 3 is 2.82 bits per heavy atom. The molecule has 0 aliphatic heterocycles. The summed E-state index contributed by atoms with van der Waals surface area (Å²) in [6, 6.07) is 0. The molecule has 3 nitrogen and oxygen atoms in total. The molecule has 96 valence electrons. The Hall–Kier alpha value is -0.830. The van der Waals surface area contributed by atoms with E-state index in [1.54, 1.807) is 0 Å². The van der Waals surface area contributed by atoms with Gasteiger partial charge in [0.05, 0.1) is 0 Å². The minimum atomic E-state index is 0.205. The van der Waals surface area contributed by atoms with Crippen molar-refractivity contribution in [1.29, 1.82) is 0 Å². The second kappa shape index (κ2) is 5.67. The first-order valence-electron chi connectivity index (χ1n) is 6.81. The predicted octanol–water partition coefficient (Wildman–Crippen LogP) is 1.72. The first-order valence-corrected chi connectivity index (χ1v) is 6.81. The second-order valence-electron chi connectivity index (χ2n) is 5.42. The van der Waals surface area contributed by atoms with E-state index in [9.17, 15) is 4.79 Å². The highest BCUT2D eigenvalue weighted by Crippen LogP contribution is 2.43. The monoisotopic (exact) mass is 237 g/mol. The molecule has 1 saturated carbocycles. The van der Waals surface area contributed by atoms with Gasteiger partial charge in [0.25, 0.3) is 0 Å². The number of hydrogen-bond acceptors (Lipinski definition) is 2. The van der Waals surface area contributed by atoms with Crippen LogP contribution >= 0.6 is 0 Å². The molecule has 17 heavy (non-hydrogen) atoms. The van der Waals surface area contributed by atoms with E-state index in [0.29, 0.717) is 24.3 Å². The number of fused-ring (bicyclic) bond motifs is 2. The normalized spacial score (nSPS) is 31.8. The van der Waals surface area contributed by atoms with Crippen LogP contribution in [0.4, 0.5) is 0 Å². The molecule has 1 amide bonds.